The summed E-state index contributed by atoms with van der Waals surface area (Å²) >= 11 is 0. The van der Waals surface area contributed by atoms with Gasteiger partial charge >= 0.3 is 0 Å². The van der Waals surface area contributed by atoms with Crippen molar-refractivity contribution in [3.63, 3.8) is 0 Å². The van der Waals surface area contributed by atoms with Crippen molar-refractivity contribution in [1.82, 2.24) is 10.3 Å². The van der Waals surface area contributed by atoms with Gasteiger partial charge in [-0.25, -0.2) is 0 Å². The minimum Gasteiger partial charge on any atom is -0.383 e. The van der Waals surface area contributed by atoms with E-state index in [0.717, 1.165) is 18.5 Å². The first-order chi connectivity index (χ1) is 7.66. The van der Waals surface area contributed by atoms with Gasteiger partial charge in [-0.15, -0.1) is 0 Å². The fourth-order valence-corrected chi connectivity index (χ4v) is 3.12. The lowest BCUT2D eigenvalue weighted by atomic mass is 9.84. The van der Waals surface area contributed by atoms with Crippen molar-refractivity contribution in [3.05, 3.63) is 29.6 Å². The molecule has 1 aromatic rings. The second kappa shape index (κ2) is 3.54. The zero-order valence-electron chi connectivity index (χ0n) is 9.61. The summed E-state index contributed by atoms with van der Waals surface area (Å²) in [5, 5.41) is 14.3. The van der Waals surface area contributed by atoms with E-state index in [1.165, 1.54) is 18.4 Å². The summed E-state index contributed by atoms with van der Waals surface area (Å²) in [4.78, 5) is 4.35. The van der Waals surface area contributed by atoms with Crippen LogP contribution in [0.1, 0.15) is 36.9 Å². The second-order valence-corrected chi connectivity index (χ2v) is 5.30. The maximum atomic E-state index is 10.7. The van der Waals surface area contributed by atoms with E-state index in [1.807, 2.05) is 19.1 Å². The van der Waals surface area contributed by atoms with E-state index in [9.17, 15) is 5.11 Å². The average molecular weight is 218 g/mol. The molecule has 0 amide bonds. The first kappa shape index (κ1) is 10.2. The largest absolute Gasteiger partial charge is 0.383 e. The van der Waals surface area contributed by atoms with Gasteiger partial charge < -0.3 is 10.4 Å². The van der Waals surface area contributed by atoms with E-state index in [4.69, 9.17) is 0 Å². The number of hydrogen-bond acceptors (Lipinski definition) is 3. The Kier molecular flexibility index (Phi) is 2.26. The van der Waals surface area contributed by atoms with E-state index in [-0.39, 0.29) is 0 Å². The monoisotopic (exact) mass is 218 g/mol. The zero-order valence-corrected chi connectivity index (χ0v) is 9.61. The molecule has 3 heterocycles. The number of hydrogen-bond donors (Lipinski definition) is 2. The van der Waals surface area contributed by atoms with Crippen LogP contribution in [0.2, 0.25) is 0 Å². The topological polar surface area (TPSA) is 45.2 Å². The number of rotatable bonds is 1. The normalized spacial score (nSPS) is 37.6. The number of pyridine rings is 1. The molecule has 16 heavy (non-hydrogen) atoms. The van der Waals surface area contributed by atoms with Crippen LogP contribution in [-0.4, -0.2) is 22.2 Å². The molecule has 86 valence electrons. The van der Waals surface area contributed by atoms with Crippen molar-refractivity contribution in [2.24, 2.45) is 0 Å². The Hall–Kier alpha value is -0.930. The van der Waals surface area contributed by atoms with Crippen molar-refractivity contribution in [2.45, 2.75) is 50.3 Å². The fourth-order valence-electron chi connectivity index (χ4n) is 3.12. The summed E-state index contributed by atoms with van der Waals surface area (Å²) in [6.07, 6.45) is 5.80. The molecular weight excluding hydrogens is 200 g/mol. The lowest BCUT2D eigenvalue weighted by Gasteiger charge is -2.36. The second-order valence-electron chi connectivity index (χ2n) is 5.30. The smallest absolute Gasteiger partial charge is 0.109 e. The number of nitrogens with one attached hydrogen (secondary N) is 1. The molecule has 0 spiro atoms. The van der Waals surface area contributed by atoms with E-state index < -0.39 is 5.60 Å². The lowest BCUT2D eigenvalue weighted by molar-refractivity contribution is -0.0153. The predicted molar refractivity (Wildman–Crippen MR) is 62.1 cm³/mol. The summed E-state index contributed by atoms with van der Waals surface area (Å²) in [6.45, 7) is 2.05. The van der Waals surface area contributed by atoms with Gasteiger partial charge in [-0.2, -0.15) is 0 Å². The standard InChI is InChI=1S/C13H18N2O/c1-9-4-5-14-12(6-9)13(16)7-10-2-3-11(8-13)15-10/h4-6,10-11,15-16H,2-3,7-8H2,1H3. The Morgan fingerprint density at radius 1 is 1.38 bits per heavy atom. The van der Waals surface area contributed by atoms with Crippen LogP contribution in [-0.2, 0) is 5.60 Å². The molecule has 1 aromatic heterocycles. The summed E-state index contributed by atoms with van der Waals surface area (Å²) in [5.74, 6) is 0. The molecule has 2 atom stereocenters. The number of aromatic nitrogens is 1. The first-order valence-electron chi connectivity index (χ1n) is 6.07. The fraction of sp³-hybridized carbons (Fsp3) is 0.615. The van der Waals surface area contributed by atoms with E-state index >= 15 is 0 Å². The zero-order chi connectivity index (χ0) is 11.2. The minimum absolute atomic E-state index is 0.478. The molecule has 0 aliphatic carbocycles. The highest BCUT2D eigenvalue weighted by Gasteiger charge is 2.44. The van der Waals surface area contributed by atoms with Crippen LogP contribution in [0.25, 0.3) is 0 Å². The van der Waals surface area contributed by atoms with Crippen molar-refractivity contribution < 1.29 is 5.11 Å². The molecule has 3 heteroatoms. The van der Waals surface area contributed by atoms with Gasteiger partial charge in [0, 0.05) is 18.3 Å². The van der Waals surface area contributed by atoms with Crippen molar-refractivity contribution in [1.29, 1.82) is 0 Å². The highest BCUT2D eigenvalue weighted by atomic mass is 16.3. The van der Waals surface area contributed by atoms with Crippen LogP contribution < -0.4 is 5.32 Å². The average Bonchev–Trinajstić information content (AvgIpc) is 2.59. The van der Waals surface area contributed by atoms with E-state index in [1.54, 1.807) is 6.20 Å². The highest BCUT2D eigenvalue weighted by molar-refractivity contribution is 5.22. The molecule has 0 radical (unpaired) electrons. The number of fused-ring (bicyclic) bond motifs is 2. The molecule has 2 bridgehead atoms. The van der Waals surface area contributed by atoms with E-state index in [2.05, 4.69) is 10.3 Å². The van der Waals surface area contributed by atoms with Crippen LogP contribution in [0.5, 0.6) is 0 Å². The molecule has 3 rings (SSSR count). The van der Waals surface area contributed by atoms with Crippen LogP contribution in [0.4, 0.5) is 0 Å². The van der Waals surface area contributed by atoms with Gasteiger partial charge in [-0.3, -0.25) is 4.98 Å². The van der Waals surface area contributed by atoms with Crippen LogP contribution >= 0.6 is 0 Å². The molecule has 2 saturated heterocycles. The number of aryl methyl sites for hydroxylation is 1. The van der Waals surface area contributed by atoms with E-state index in [0.29, 0.717) is 12.1 Å². The molecule has 2 aliphatic heterocycles. The summed E-state index contributed by atoms with van der Waals surface area (Å²) < 4.78 is 0. The van der Waals surface area contributed by atoms with Gasteiger partial charge in [0.15, 0.2) is 0 Å². The first-order valence-corrected chi connectivity index (χ1v) is 6.07. The van der Waals surface area contributed by atoms with Crippen molar-refractivity contribution >= 4 is 0 Å². The lowest BCUT2D eigenvalue weighted by Crippen LogP contribution is -2.47. The van der Waals surface area contributed by atoms with Gasteiger partial charge in [-0.1, -0.05) is 0 Å². The predicted octanol–water partition coefficient (Wildman–Crippen LogP) is 1.49. The Morgan fingerprint density at radius 2 is 2.06 bits per heavy atom. The van der Waals surface area contributed by atoms with Gasteiger partial charge in [-0.05, 0) is 50.3 Å². The number of piperidine rings is 1. The van der Waals surface area contributed by atoms with Crippen LogP contribution in [0, 0.1) is 6.92 Å². The maximum absolute atomic E-state index is 10.7. The molecule has 0 saturated carbocycles. The van der Waals surface area contributed by atoms with Crippen LogP contribution in [0.15, 0.2) is 18.3 Å². The third-order valence-corrected chi connectivity index (χ3v) is 3.90. The van der Waals surface area contributed by atoms with Gasteiger partial charge in [0.25, 0.3) is 0 Å². The quantitative estimate of drug-likeness (QED) is 0.750. The Balaban J connectivity index is 1.93. The summed E-state index contributed by atoms with van der Waals surface area (Å²) in [7, 11) is 0. The highest BCUT2D eigenvalue weighted by Crippen LogP contribution is 2.39. The van der Waals surface area contributed by atoms with Gasteiger partial charge in [0.2, 0.25) is 0 Å². The maximum Gasteiger partial charge on any atom is 0.109 e. The Labute approximate surface area is 95.9 Å². The molecule has 0 aromatic carbocycles. The van der Waals surface area contributed by atoms with Crippen molar-refractivity contribution in [3.8, 4) is 0 Å². The third-order valence-electron chi connectivity index (χ3n) is 3.90. The Morgan fingerprint density at radius 3 is 2.69 bits per heavy atom. The number of aliphatic hydroxyl groups is 1. The number of nitrogens with zero attached hydrogens (tertiary/aromatic N) is 1. The molecule has 2 unspecified atom stereocenters. The van der Waals surface area contributed by atoms with Crippen LogP contribution in [0.3, 0.4) is 0 Å². The molecule has 3 nitrogen and oxygen atoms in total. The Bertz CT molecular complexity index is 393. The van der Waals surface area contributed by atoms with Gasteiger partial charge in [0.1, 0.15) is 5.60 Å². The minimum atomic E-state index is -0.705. The third kappa shape index (κ3) is 1.64. The summed E-state index contributed by atoms with van der Waals surface area (Å²) in [5.41, 5.74) is 1.32. The molecule has 2 aliphatic rings. The molecular formula is C13H18N2O. The summed E-state index contributed by atoms with van der Waals surface area (Å²) in [6, 6.07) is 4.95. The van der Waals surface area contributed by atoms with Crippen molar-refractivity contribution in [2.75, 3.05) is 0 Å². The molecule has 2 fully saturated rings. The van der Waals surface area contributed by atoms with Gasteiger partial charge in [0.05, 0.1) is 5.69 Å². The molecule has 2 N–H and O–H groups in total. The SMILES string of the molecule is Cc1ccnc(C2(O)CC3CCC(C2)N3)c1.